The molecule has 0 heterocycles. The van der Waals surface area contributed by atoms with Gasteiger partial charge in [0.15, 0.2) is 0 Å². The van der Waals surface area contributed by atoms with Gasteiger partial charge in [0.2, 0.25) is 0 Å². The van der Waals surface area contributed by atoms with Crippen LogP contribution >= 0.6 is 0 Å². The average Bonchev–Trinajstić information content (AvgIpc) is 3.61. The van der Waals surface area contributed by atoms with Crippen molar-refractivity contribution in [3.63, 3.8) is 0 Å². The normalized spacial score (nSPS) is 36.2. The van der Waals surface area contributed by atoms with Gasteiger partial charge < -0.3 is 15.3 Å². The molecule has 0 unspecified atom stereocenters. The van der Waals surface area contributed by atoms with E-state index in [-0.39, 0.29) is 16.9 Å². The average molecular weight is 537 g/mol. The first kappa shape index (κ1) is 30.5. The Morgan fingerprint density at radius 3 is 2.54 bits per heavy atom. The highest BCUT2D eigenvalue weighted by Crippen LogP contribution is 2.59. The Hall–Kier alpha value is -1.42. The summed E-state index contributed by atoms with van der Waals surface area (Å²) in [5.74, 6) is 1.68. The smallest absolute Gasteiger partial charge is 0.0811 e. The van der Waals surface area contributed by atoms with E-state index < -0.39 is 12.2 Å². The summed E-state index contributed by atoms with van der Waals surface area (Å²) in [6.07, 6.45) is 29.1. The number of allylic oxidation sites excluding steroid dienone is 5. The van der Waals surface area contributed by atoms with Gasteiger partial charge >= 0.3 is 0 Å². The minimum absolute atomic E-state index is 0.0136. The standard InChI is InChI=1S/C36H56O3/c1-5-6-7-8-9-10-11-21-36(22-23-36)34(39)19-14-26(2)31-17-18-32-28(13-12-20-35(31,32)4)15-16-29-24-30(37)25-33(38)27(29)3/h11,14-16,19,21,26,30-34,37-39H,3,5-10,12-13,17-18,20,22-25H2,1-2,4H3/t26-,30-,31-,32+,33+,34-,35-/m1/s1. The molecule has 0 aromatic rings. The Bertz CT molecular complexity index is 950. The van der Waals surface area contributed by atoms with Gasteiger partial charge in [0.05, 0.1) is 18.3 Å². The van der Waals surface area contributed by atoms with Gasteiger partial charge in [-0.25, -0.2) is 0 Å². The topological polar surface area (TPSA) is 60.7 Å². The van der Waals surface area contributed by atoms with Crippen molar-refractivity contribution in [3.8, 4) is 0 Å². The summed E-state index contributed by atoms with van der Waals surface area (Å²) >= 11 is 0. The van der Waals surface area contributed by atoms with Gasteiger partial charge in [-0.05, 0) is 98.5 Å². The second kappa shape index (κ2) is 13.5. The molecule has 0 bridgehead atoms. The molecule has 0 aromatic heterocycles. The highest BCUT2D eigenvalue weighted by Gasteiger charge is 2.50. The van der Waals surface area contributed by atoms with Gasteiger partial charge in [-0.1, -0.05) is 95.1 Å². The van der Waals surface area contributed by atoms with E-state index in [2.05, 4.69) is 63.8 Å². The lowest BCUT2D eigenvalue weighted by Crippen LogP contribution is -2.35. The number of fused-ring (bicyclic) bond motifs is 1. The summed E-state index contributed by atoms with van der Waals surface area (Å²) < 4.78 is 0. The molecule has 0 aromatic carbocycles. The molecule has 3 N–H and O–H groups in total. The first-order chi connectivity index (χ1) is 18.7. The molecule has 39 heavy (non-hydrogen) atoms. The summed E-state index contributed by atoms with van der Waals surface area (Å²) in [4.78, 5) is 0. The first-order valence-electron chi connectivity index (χ1n) is 16.2. The molecule has 4 saturated carbocycles. The van der Waals surface area contributed by atoms with Crippen LogP contribution in [0.5, 0.6) is 0 Å². The van der Waals surface area contributed by atoms with Gasteiger partial charge in [0, 0.05) is 11.8 Å². The molecule has 7 atom stereocenters. The molecule has 3 heteroatoms. The molecular formula is C36H56O3. The number of aliphatic hydroxyl groups excluding tert-OH is 3. The Balaban J connectivity index is 1.35. The predicted molar refractivity (Wildman–Crippen MR) is 163 cm³/mol. The van der Waals surface area contributed by atoms with E-state index in [1.807, 2.05) is 0 Å². The number of aliphatic hydroxyl groups is 3. The molecular weight excluding hydrogens is 480 g/mol. The van der Waals surface area contributed by atoms with Crippen molar-refractivity contribution in [2.45, 2.75) is 135 Å². The third kappa shape index (κ3) is 7.27. The summed E-state index contributed by atoms with van der Waals surface area (Å²) in [6, 6.07) is 0. The third-order valence-electron chi connectivity index (χ3n) is 10.9. The van der Waals surface area contributed by atoms with Gasteiger partial charge in [-0.3, -0.25) is 0 Å². The number of rotatable bonds is 12. The maximum Gasteiger partial charge on any atom is 0.0811 e. The fraction of sp³-hybridized carbons (Fsp3) is 0.722. The van der Waals surface area contributed by atoms with Crippen LogP contribution in [-0.2, 0) is 0 Å². The summed E-state index contributed by atoms with van der Waals surface area (Å²) in [5.41, 5.74) is 3.58. The molecule has 0 radical (unpaired) electrons. The van der Waals surface area contributed by atoms with E-state index in [1.165, 1.54) is 63.4 Å². The molecule has 4 rings (SSSR count). The Labute approximate surface area is 238 Å². The maximum absolute atomic E-state index is 11.1. The van der Waals surface area contributed by atoms with E-state index in [4.69, 9.17) is 0 Å². The van der Waals surface area contributed by atoms with Crippen LogP contribution in [-0.4, -0.2) is 33.6 Å². The zero-order chi connectivity index (χ0) is 28.0. The zero-order valence-corrected chi connectivity index (χ0v) is 25.1. The molecule has 4 fully saturated rings. The monoisotopic (exact) mass is 536 g/mol. The van der Waals surface area contributed by atoms with Crippen molar-refractivity contribution < 1.29 is 15.3 Å². The minimum atomic E-state index is -0.630. The lowest BCUT2D eigenvalue weighted by atomic mass is 9.61. The van der Waals surface area contributed by atoms with E-state index in [1.54, 1.807) is 0 Å². The van der Waals surface area contributed by atoms with Crippen molar-refractivity contribution in [1.82, 2.24) is 0 Å². The molecule has 3 nitrogen and oxygen atoms in total. The van der Waals surface area contributed by atoms with E-state index in [0.29, 0.717) is 30.6 Å². The van der Waals surface area contributed by atoms with Crippen molar-refractivity contribution in [1.29, 1.82) is 0 Å². The van der Waals surface area contributed by atoms with Crippen LogP contribution < -0.4 is 0 Å². The van der Waals surface area contributed by atoms with Gasteiger partial charge in [0.1, 0.15) is 0 Å². The molecule has 4 aliphatic rings. The zero-order valence-electron chi connectivity index (χ0n) is 25.1. The second-order valence-corrected chi connectivity index (χ2v) is 13.7. The molecule has 4 aliphatic carbocycles. The van der Waals surface area contributed by atoms with Gasteiger partial charge in [-0.2, -0.15) is 0 Å². The highest BCUT2D eigenvalue weighted by atomic mass is 16.3. The quantitative estimate of drug-likeness (QED) is 0.173. The van der Waals surface area contributed by atoms with Crippen LogP contribution in [0.2, 0.25) is 0 Å². The van der Waals surface area contributed by atoms with Crippen molar-refractivity contribution in [2.75, 3.05) is 0 Å². The fourth-order valence-electron chi connectivity index (χ4n) is 8.10. The van der Waals surface area contributed by atoms with Crippen LogP contribution in [0, 0.1) is 28.6 Å². The van der Waals surface area contributed by atoms with Crippen LogP contribution in [0.4, 0.5) is 0 Å². The summed E-state index contributed by atoms with van der Waals surface area (Å²) in [5, 5.41) is 31.5. The van der Waals surface area contributed by atoms with Gasteiger partial charge in [-0.15, -0.1) is 0 Å². The second-order valence-electron chi connectivity index (χ2n) is 13.7. The van der Waals surface area contributed by atoms with Crippen LogP contribution in [0.1, 0.15) is 117 Å². The van der Waals surface area contributed by atoms with Crippen LogP contribution in [0.25, 0.3) is 0 Å². The van der Waals surface area contributed by atoms with Crippen molar-refractivity contribution in [2.24, 2.45) is 28.6 Å². The minimum Gasteiger partial charge on any atom is -0.393 e. The van der Waals surface area contributed by atoms with Crippen LogP contribution in [0.15, 0.2) is 59.8 Å². The predicted octanol–water partition coefficient (Wildman–Crippen LogP) is 8.38. The highest BCUT2D eigenvalue weighted by molar-refractivity contribution is 5.38. The third-order valence-corrected chi connectivity index (χ3v) is 10.9. The maximum atomic E-state index is 11.1. The Kier molecular flexibility index (Phi) is 10.6. The molecule has 218 valence electrons. The summed E-state index contributed by atoms with van der Waals surface area (Å²) in [7, 11) is 0. The molecule has 0 spiro atoms. The lowest BCUT2D eigenvalue weighted by molar-refractivity contribution is 0.0862. The van der Waals surface area contributed by atoms with Crippen molar-refractivity contribution in [3.05, 3.63) is 59.8 Å². The lowest BCUT2D eigenvalue weighted by Gasteiger charge is -2.44. The SMILES string of the molecule is C=C1C(=CC=C2CCC[C@]3(C)[C@@H]([C@H](C)C=C[C@@H](O)C4(C=CCCCCCCC)CC4)CC[C@@H]23)C[C@@H](O)C[C@@H]1O. The van der Waals surface area contributed by atoms with E-state index >= 15 is 0 Å². The number of hydrogen-bond donors (Lipinski definition) is 3. The number of hydrogen-bond acceptors (Lipinski definition) is 3. The van der Waals surface area contributed by atoms with E-state index in [9.17, 15) is 15.3 Å². The molecule has 0 aliphatic heterocycles. The van der Waals surface area contributed by atoms with E-state index in [0.717, 1.165) is 36.8 Å². The summed E-state index contributed by atoms with van der Waals surface area (Å²) in [6.45, 7) is 11.2. The van der Waals surface area contributed by atoms with Crippen LogP contribution in [0.3, 0.4) is 0 Å². The Morgan fingerprint density at radius 1 is 1.03 bits per heavy atom. The fourth-order valence-corrected chi connectivity index (χ4v) is 8.10. The largest absolute Gasteiger partial charge is 0.393 e. The number of unbranched alkanes of at least 4 members (excludes halogenated alkanes) is 5. The van der Waals surface area contributed by atoms with Gasteiger partial charge in [0.25, 0.3) is 0 Å². The first-order valence-corrected chi connectivity index (χ1v) is 16.2. The van der Waals surface area contributed by atoms with Crippen molar-refractivity contribution >= 4 is 0 Å². The molecule has 0 amide bonds. The Morgan fingerprint density at radius 2 is 1.79 bits per heavy atom. The molecule has 0 saturated heterocycles.